The maximum atomic E-state index is 13.6. The molecule has 3 aromatic carbocycles. The monoisotopic (exact) mass is 523 g/mol. The Morgan fingerprint density at radius 1 is 0.868 bits per heavy atom. The number of hydrogen-bond acceptors (Lipinski definition) is 5. The molecule has 0 unspecified atom stereocenters. The fourth-order valence-electron chi connectivity index (χ4n) is 4.73. The van der Waals surface area contributed by atoms with Gasteiger partial charge in [0.2, 0.25) is 0 Å². The van der Waals surface area contributed by atoms with Crippen molar-refractivity contribution in [2.24, 2.45) is 0 Å². The zero-order valence-electron chi connectivity index (χ0n) is 21.4. The molecule has 8 heteroatoms. The highest BCUT2D eigenvalue weighted by Gasteiger charge is 2.38. The molecule has 190 valence electrons. The van der Waals surface area contributed by atoms with Crippen LogP contribution in [0.2, 0.25) is 0 Å². The minimum absolute atomic E-state index is 0.00286. The molecule has 2 heterocycles. The molecule has 0 spiro atoms. The van der Waals surface area contributed by atoms with E-state index in [0.29, 0.717) is 11.3 Å². The van der Waals surface area contributed by atoms with Crippen molar-refractivity contribution in [3.8, 4) is 5.69 Å². The van der Waals surface area contributed by atoms with Crippen molar-refractivity contribution in [1.82, 2.24) is 9.47 Å². The molecule has 1 fully saturated rings. The van der Waals surface area contributed by atoms with Gasteiger partial charge in [-0.3, -0.25) is 19.4 Å². The number of ether oxygens (including phenoxy) is 1. The van der Waals surface area contributed by atoms with Crippen LogP contribution in [0.15, 0.2) is 78.4 Å². The van der Waals surface area contributed by atoms with Crippen LogP contribution in [0.4, 0.5) is 5.69 Å². The van der Waals surface area contributed by atoms with E-state index in [1.165, 1.54) is 16.9 Å². The molecule has 2 amide bonds. The number of aromatic nitrogens is 1. The first-order valence-electron chi connectivity index (χ1n) is 12.0. The number of nitrogens with zero attached hydrogens (tertiary/aromatic N) is 3. The quantitative estimate of drug-likeness (QED) is 0.159. The molecule has 0 atom stereocenters. The van der Waals surface area contributed by atoms with E-state index in [0.717, 1.165) is 33.4 Å². The highest BCUT2D eigenvalue weighted by molar-refractivity contribution is 7.80. The summed E-state index contributed by atoms with van der Waals surface area (Å²) in [6, 6.07) is 22.7. The second kappa shape index (κ2) is 9.72. The zero-order valence-corrected chi connectivity index (χ0v) is 22.2. The third-order valence-electron chi connectivity index (χ3n) is 6.75. The van der Waals surface area contributed by atoms with Crippen molar-refractivity contribution >= 4 is 57.6 Å². The van der Waals surface area contributed by atoms with E-state index in [1.807, 2.05) is 32.0 Å². The largest absolute Gasteiger partial charge is 0.465 e. The second-order valence-electron chi connectivity index (χ2n) is 9.08. The maximum Gasteiger partial charge on any atom is 0.337 e. The summed E-state index contributed by atoms with van der Waals surface area (Å²) in [5.74, 6) is -1.49. The highest BCUT2D eigenvalue weighted by atomic mass is 32.1. The summed E-state index contributed by atoms with van der Waals surface area (Å²) >= 11 is 5.45. The van der Waals surface area contributed by atoms with Gasteiger partial charge in [-0.2, -0.15) is 0 Å². The molecule has 0 saturated carbocycles. The Balaban J connectivity index is 1.55. The van der Waals surface area contributed by atoms with E-state index in [-0.39, 0.29) is 10.7 Å². The Bertz CT molecular complexity index is 1670. The molecule has 4 aromatic rings. The van der Waals surface area contributed by atoms with Crippen LogP contribution in [-0.2, 0) is 14.3 Å². The molecule has 1 aliphatic heterocycles. The fourth-order valence-corrected chi connectivity index (χ4v) is 5.01. The van der Waals surface area contributed by atoms with Crippen molar-refractivity contribution in [1.29, 1.82) is 0 Å². The molecule has 0 N–H and O–H groups in total. The van der Waals surface area contributed by atoms with Gasteiger partial charge in [0.1, 0.15) is 5.57 Å². The molecular formula is C30H25N3O4S. The SMILES string of the molecule is COC(=O)c1ccc(N2C(=O)/C(=C/c3cc(C)n(-c4ccc5ccccc5c4)c3C)C(=O)N(C)C2=S)cc1. The average molecular weight is 524 g/mol. The zero-order chi connectivity index (χ0) is 27.1. The lowest BCUT2D eigenvalue weighted by molar-refractivity contribution is -0.127. The predicted molar refractivity (Wildman–Crippen MR) is 151 cm³/mol. The smallest absolute Gasteiger partial charge is 0.337 e. The Kier molecular flexibility index (Phi) is 6.42. The van der Waals surface area contributed by atoms with Gasteiger partial charge in [-0.25, -0.2) is 4.79 Å². The number of hydrogen-bond donors (Lipinski definition) is 0. The van der Waals surface area contributed by atoms with Crippen molar-refractivity contribution in [2.45, 2.75) is 13.8 Å². The average Bonchev–Trinajstić information content (AvgIpc) is 3.21. The highest BCUT2D eigenvalue weighted by Crippen LogP contribution is 2.29. The number of carbonyl (C=O) groups excluding carboxylic acids is 3. The van der Waals surface area contributed by atoms with E-state index < -0.39 is 17.8 Å². The Morgan fingerprint density at radius 2 is 1.53 bits per heavy atom. The fraction of sp³-hybridized carbons (Fsp3) is 0.133. The maximum absolute atomic E-state index is 13.6. The van der Waals surface area contributed by atoms with Gasteiger partial charge in [0.05, 0.1) is 18.4 Å². The Morgan fingerprint density at radius 3 is 2.21 bits per heavy atom. The Hall–Kier alpha value is -4.56. The van der Waals surface area contributed by atoms with E-state index in [9.17, 15) is 14.4 Å². The molecule has 5 rings (SSSR count). The molecule has 1 aliphatic rings. The third-order valence-corrected chi connectivity index (χ3v) is 7.21. The van der Waals surface area contributed by atoms with Gasteiger partial charge in [0, 0.05) is 24.1 Å². The van der Waals surface area contributed by atoms with Crippen LogP contribution in [0.1, 0.15) is 27.3 Å². The first-order chi connectivity index (χ1) is 18.2. The number of fused-ring (bicyclic) bond motifs is 1. The van der Waals surface area contributed by atoms with Crippen LogP contribution in [-0.4, -0.2) is 46.5 Å². The molecule has 1 saturated heterocycles. The summed E-state index contributed by atoms with van der Waals surface area (Å²) < 4.78 is 6.85. The summed E-state index contributed by atoms with van der Waals surface area (Å²) in [6.45, 7) is 3.95. The standard InChI is InChI=1S/C30H25N3O4S/c1-18-15-23(19(2)32(18)25-14-9-20-7-5-6-8-22(20)16-25)17-26-27(34)31(3)30(38)33(28(26)35)24-12-10-21(11-13-24)29(36)37-4/h5-17H,1-4H3/b26-17+. The normalized spacial score (nSPS) is 15.1. The van der Waals surface area contributed by atoms with E-state index in [4.69, 9.17) is 17.0 Å². The van der Waals surface area contributed by atoms with Crippen molar-refractivity contribution in [3.05, 3.63) is 101 Å². The topological polar surface area (TPSA) is 71.8 Å². The van der Waals surface area contributed by atoms with Crippen LogP contribution in [0, 0.1) is 13.8 Å². The summed E-state index contributed by atoms with van der Waals surface area (Å²) in [5.41, 5.74) is 4.41. The minimum atomic E-state index is -0.528. The van der Waals surface area contributed by atoms with Crippen LogP contribution < -0.4 is 4.90 Å². The number of amides is 2. The third kappa shape index (κ3) is 4.18. The number of benzene rings is 3. The van der Waals surface area contributed by atoms with Gasteiger partial charge in [0.15, 0.2) is 5.11 Å². The van der Waals surface area contributed by atoms with Gasteiger partial charge in [0.25, 0.3) is 11.8 Å². The first-order valence-corrected chi connectivity index (χ1v) is 12.4. The summed E-state index contributed by atoms with van der Waals surface area (Å²) in [6.07, 6.45) is 1.62. The lowest BCUT2D eigenvalue weighted by atomic mass is 10.1. The molecule has 7 nitrogen and oxygen atoms in total. The van der Waals surface area contributed by atoms with Gasteiger partial charge in [-0.1, -0.05) is 30.3 Å². The summed E-state index contributed by atoms with van der Waals surface area (Å²) in [7, 11) is 2.84. The van der Waals surface area contributed by atoms with Gasteiger partial charge < -0.3 is 9.30 Å². The number of carbonyl (C=O) groups is 3. The Labute approximate surface area is 225 Å². The number of rotatable bonds is 4. The number of aryl methyl sites for hydroxylation is 1. The molecule has 0 bridgehead atoms. The predicted octanol–water partition coefficient (Wildman–Crippen LogP) is 5.21. The van der Waals surface area contributed by atoms with Crippen LogP contribution in [0.5, 0.6) is 0 Å². The molecule has 38 heavy (non-hydrogen) atoms. The summed E-state index contributed by atoms with van der Waals surface area (Å²) in [5, 5.41) is 2.34. The van der Waals surface area contributed by atoms with E-state index in [1.54, 1.807) is 37.4 Å². The lowest BCUT2D eigenvalue weighted by Gasteiger charge is -2.34. The van der Waals surface area contributed by atoms with Crippen LogP contribution in [0.25, 0.3) is 22.5 Å². The molecule has 0 aliphatic carbocycles. The number of thiocarbonyl (C=S) groups is 1. The van der Waals surface area contributed by atoms with Crippen LogP contribution in [0.3, 0.4) is 0 Å². The van der Waals surface area contributed by atoms with Gasteiger partial charge >= 0.3 is 5.97 Å². The van der Waals surface area contributed by atoms with Crippen molar-refractivity contribution < 1.29 is 19.1 Å². The van der Waals surface area contributed by atoms with Gasteiger partial charge in [-0.15, -0.1) is 0 Å². The number of esters is 1. The van der Waals surface area contributed by atoms with Crippen molar-refractivity contribution in [3.63, 3.8) is 0 Å². The number of methoxy groups -OCH3 is 1. The molecular weight excluding hydrogens is 498 g/mol. The van der Waals surface area contributed by atoms with Crippen LogP contribution >= 0.6 is 12.2 Å². The van der Waals surface area contributed by atoms with E-state index >= 15 is 0 Å². The van der Waals surface area contributed by atoms with E-state index in [2.05, 4.69) is 34.9 Å². The van der Waals surface area contributed by atoms with Crippen molar-refractivity contribution in [2.75, 3.05) is 19.1 Å². The van der Waals surface area contributed by atoms with Gasteiger partial charge in [-0.05, 0) is 90.9 Å². The summed E-state index contributed by atoms with van der Waals surface area (Å²) in [4.78, 5) is 41.2. The molecule has 0 radical (unpaired) electrons. The number of anilines is 1. The second-order valence-corrected chi connectivity index (χ2v) is 9.44. The number of likely N-dealkylation sites (N-methyl/N-ethyl adjacent to an activating group) is 1. The first kappa shape index (κ1) is 25.1. The lowest BCUT2D eigenvalue weighted by Crippen LogP contribution is -2.54. The molecule has 1 aromatic heterocycles. The minimum Gasteiger partial charge on any atom is -0.465 e.